The molecule has 2 N–H and O–H groups in total. The highest BCUT2D eigenvalue weighted by atomic mass is 32.1. The van der Waals surface area contributed by atoms with Gasteiger partial charge in [0.25, 0.3) is 5.91 Å². The summed E-state index contributed by atoms with van der Waals surface area (Å²) in [6.07, 6.45) is 1.83. The van der Waals surface area contributed by atoms with Gasteiger partial charge in [-0.2, -0.15) is 0 Å². The summed E-state index contributed by atoms with van der Waals surface area (Å²) in [4.78, 5) is 11.5. The van der Waals surface area contributed by atoms with Gasteiger partial charge in [0.15, 0.2) is 5.11 Å². The van der Waals surface area contributed by atoms with Gasteiger partial charge >= 0.3 is 0 Å². The van der Waals surface area contributed by atoms with Crippen LogP contribution in [-0.4, -0.2) is 11.0 Å². The minimum absolute atomic E-state index is 0.173. The Bertz CT molecular complexity index is 547. The molecule has 1 aromatic carbocycles. The minimum Gasteiger partial charge on any atom is -0.328 e. The second-order valence-electron chi connectivity index (χ2n) is 4.26. The van der Waals surface area contributed by atoms with E-state index in [2.05, 4.69) is 36.6 Å². The highest BCUT2D eigenvalue weighted by Gasteiger charge is 2.20. The van der Waals surface area contributed by atoms with Crippen molar-refractivity contribution >= 4 is 29.3 Å². The predicted octanol–water partition coefficient (Wildman–Crippen LogP) is 1.96. The largest absolute Gasteiger partial charge is 0.328 e. The maximum absolute atomic E-state index is 11.5. The Kier molecular flexibility index (Phi) is 2.98. The molecular formula is C13H14N2OS. The monoisotopic (exact) mass is 246 g/mol. The van der Waals surface area contributed by atoms with Crippen molar-refractivity contribution in [3.63, 3.8) is 0 Å². The van der Waals surface area contributed by atoms with Crippen LogP contribution in [0.25, 0.3) is 6.08 Å². The highest BCUT2D eigenvalue weighted by Crippen LogP contribution is 2.18. The molecule has 0 aromatic heterocycles. The summed E-state index contributed by atoms with van der Waals surface area (Å²) < 4.78 is 0. The molecular weight excluding hydrogens is 232 g/mol. The molecule has 1 aliphatic rings. The van der Waals surface area contributed by atoms with Crippen LogP contribution in [0.4, 0.5) is 0 Å². The van der Waals surface area contributed by atoms with Crippen LogP contribution in [0, 0.1) is 20.8 Å². The van der Waals surface area contributed by atoms with E-state index in [1.165, 1.54) is 11.1 Å². The molecule has 0 spiro atoms. The average Bonchev–Trinajstić information content (AvgIpc) is 2.54. The van der Waals surface area contributed by atoms with Crippen molar-refractivity contribution in [1.82, 2.24) is 10.6 Å². The predicted molar refractivity (Wildman–Crippen MR) is 72.5 cm³/mol. The Labute approximate surface area is 106 Å². The molecule has 17 heavy (non-hydrogen) atoms. The fraction of sp³-hybridized carbons (Fsp3) is 0.231. The van der Waals surface area contributed by atoms with Gasteiger partial charge in [-0.15, -0.1) is 0 Å². The van der Waals surface area contributed by atoms with Crippen LogP contribution >= 0.6 is 12.2 Å². The Morgan fingerprint density at radius 3 is 2.29 bits per heavy atom. The van der Waals surface area contributed by atoms with E-state index in [-0.39, 0.29) is 5.91 Å². The molecule has 0 bridgehead atoms. The van der Waals surface area contributed by atoms with Gasteiger partial charge in [-0.25, -0.2) is 0 Å². The molecule has 1 aliphatic heterocycles. The van der Waals surface area contributed by atoms with Gasteiger partial charge in [-0.3, -0.25) is 10.1 Å². The molecule has 4 heteroatoms. The molecule has 0 saturated carbocycles. The molecule has 1 amide bonds. The van der Waals surface area contributed by atoms with Crippen LogP contribution < -0.4 is 10.6 Å². The first-order valence-electron chi connectivity index (χ1n) is 5.39. The third-order valence-corrected chi connectivity index (χ3v) is 3.11. The van der Waals surface area contributed by atoms with Crippen molar-refractivity contribution in [1.29, 1.82) is 0 Å². The van der Waals surface area contributed by atoms with Crippen molar-refractivity contribution in [2.24, 2.45) is 0 Å². The number of aryl methyl sites for hydroxylation is 3. The first-order valence-corrected chi connectivity index (χ1v) is 5.80. The van der Waals surface area contributed by atoms with Crippen LogP contribution in [0.15, 0.2) is 17.8 Å². The number of thiocarbonyl (C=S) groups is 1. The summed E-state index contributed by atoms with van der Waals surface area (Å²) in [5.41, 5.74) is 5.15. The standard InChI is InChI=1S/C13H14N2OS/c1-7-4-9(3)10(5-8(7)2)6-11-12(16)15-13(17)14-11/h4-6H,1-3H3,(H2,14,15,16,17)/b11-6-. The van der Waals surface area contributed by atoms with E-state index in [4.69, 9.17) is 12.2 Å². The van der Waals surface area contributed by atoms with Crippen molar-refractivity contribution in [2.75, 3.05) is 0 Å². The van der Waals surface area contributed by atoms with Crippen LogP contribution in [-0.2, 0) is 4.79 Å². The molecule has 0 unspecified atom stereocenters. The van der Waals surface area contributed by atoms with E-state index in [0.29, 0.717) is 10.8 Å². The van der Waals surface area contributed by atoms with Gasteiger partial charge in [0.05, 0.1) is 0 Å². The Balaban J connectivity index is 2.42. The molecule has 0 radical (unpaired) electrons. The third kappa shape index (κ3) is 2.36. The van der Waals surface area contributed by atoms with E-state index >= 15 is 0 Å². The lowest BCUT2D eigenvalue weighted by Crippen LogP contribution is -2.21. The molecule has 1 aromatic rings. The number of nitrogens with one attached hydrogen (secondary N) is 2. The maximum atomic E-state index is 11.5. The second kappa shape index (κ2) is 4.30. The van der Waals surface area contributed by atoms with Crippen LogP contribution in [0.1, 0.15) is 22.3 Å². The third-order valence-electron chi connectivity index (χ3n) is 2.90. The Hall–Kier alpha value is -1.68. The molecule has 3 nitrogen and oxygen atoms in total. The highest BCUT2D eigenvalue weighted by molar-refractivity contribution is 7.80. The smallest absolute Gasteiger partial charge is 0.273 e. The van der Waals surface area contributed by atoms with Gasteiger partial charge in [-0.1, -0.05) is 12.1 Å². The van der Waals surface area contributed by atoms with Crippen molar-refractivity contribution in [3.05, 3.63) is 40.1 Å². The van der Waals surface area contributed by atoms with Crippen molar-refractivity contribution in [2.45, 2.75) is 20.8 Å². The Morgan fingerprint density at radius 1 is 1.06 bits per heavy atom. The Morgan fingerprint density at radius 2 is 1.71 bits per heavy atom. The molecule has 1 heterocycles. The number of hydrogen-bond donors (Lipinski definition) is 2. The van der Waals surface area contributed by atoms with E-state index in [1.54, 1.807) is 0 Å². The molecule has 88 valence electrons. The SMILES string of the molecule is Cc1cc(C)c(/C=C2\NC(=S)NC2=O)cc1C. The zero-order valence-electron chi connectivity index (χ0n) is 10.0. The molecule has 1 fully saturated rings. The van der Waals surface area contributed by atoms with Gasteiger partial charge in [0.1, 0.15) is 5.70 Å². The molecule has 2 rings (SSSR count). The fourth-order valence-electron chi connectivity index (χ4n) is 1.78. The lowest BCUT2D eigenvalue weighted by Gasteiger charge is -2.06. The quantitative estimate of drug-likeness (QED) is 0.588. The normalized spacial score (nSPS) is 17.2. The zero-order chi connectivity index (χ0) is 12.6. The van der Waals surface area contributed by atoms with Crippen LogP contribution in [0.2, 0.25) is 0 Å². The average molecular weight is 246 g/mol. The number of hydrogen-bond acceptors (Lipinski definition) is 2. The summed E-state index contributed by atoms with van der Waals surface area (Å²) in [6.45, 7) is 6.17. The van der Waals surface area contributed by atoms with Crippen LogP contribution in [0.3, 0.4) is 0 Å². The first kappa shape index (κ1) is 11.8. The molecule has 1 saturated heterocycles. The topological polar surface area (TPSA) is 41.1 Å². The van der Waals surface area contributed by atoms with Crippen molar-refractivity contribution < 1.29 is 4.79 Å². The van der Waals surface area contributed by atoms with Gasteiger partial charge in [-0.05, 0) is 61.3 Å². The molecule has 0 atom stereocenters. The fourth-order valence-corrected chi connectivity index (χ4v) is 1.98. The number of carbonyl (C=O) groups is 1. The lowest BCUT2D eigenvalue weighted by molar-refractivity contribution is -0.115. The lowest BCUT2D eigenvalue weighted by atomic mass is 10.00. The summed E-state index contributed by atoms with van der Waals surface area (Å²) in [5, 5.41) is 5.75. The number of benzene rings is 1. The summed E-state index contributed by atoms with van der Waals surface area (Å²) in [5.74, 6) is -0.173. The van der Waals surface area contributed by atoms with Crippen LogP contribution in [0.5, 0.6) is 0 Å². The van der Waals surface area contributed by atoms with Gasteiger partial charge in [0.2, 0.25) is 0 Å². The number of carbonyl (C=O) groups excluding carboxylic acids is 1. The maximum Gasteiger partial charge on any atom is 0.273 e. The number of rotatable bonds is 1. The van der Waals surface area contributed by atoms with E-state index in [1.807, 2.05) is 13.0 Å². The van der Waals surface area contributed by atoms with Gasteiger partial charge < -0.3 is 5.32 Å². The first-order chi connectivity index (χ1) is 7.97. The van der Waals surface area contributed by atoms with E-state index in [0.717, 1.165) is 11.1 Å². The summed E-state index contributed by atoms with van der Waals surface area (Å²) >= 11 is 4.88. The van der Waals surface area contributed by atoms with Gasteiger partial charge in [0, 0.05) is 0 Å². The zero-order valence-corrected chi connectivity index (χ0v) is 10.9. The minimum atomic E-state index is -0.173. The second-order valence-corrected chi connectivity index (χ2v) is 4.67. The summed E-state index contributed by atoms with van der Waals surface area (Å²) in [6, 6.07) is 4.20. The van der Waals surface area contributed by atoms with E-state index in [9.17, 15) is 4.79 Å². The van der Waals surface area contributed by atoms with E-state index < -0.39 is 0 Å². The molecule has 0 aliphatic carbocycles. The van der Waals surface area contributed by atoms with Crippen molar-refractivity contribution in [3.8, 4) is 0 Å². The number of amides is 1. The summed E-state index contributed by atoms with van der Waals surface area (Å²) in [7, 11) is 0.